The number of benzene rings is 1. The van der Waals surface area contributed by atoms with Crippen LogP contribution >= 0.6 is 0 Å². The molecule has 1 aliphatic rings. The lowest BCUT2D eigenvalue weighted by Crippen LogP contribution is -2.38. The predicted molar refractivity (Wildman–Crippen MR) is 68.6 cm³/mol. The van der Waals surface area contributed by atoms with E-state index in [-0.39, 0.29) is 6.04 Å². The number of rotatable bonds is 4. The van der Waals surface area contributed by atoms with Crippen LogP contribution in [0.4, 0.5) is 13.2 Å². The summed E-state index contributed by atoms with van der Waals surface area (Å²) in [6, 6.07) is 5.82. The van der Waals surface area contributed by atoms with E-state index in [1.165, 1.54) is 16.0 Å². The Morgan fingerprint density at radius 1 is 1.21 bits per heavy atom. The van der Waals surface area contributed by atoms with Crippen LogP contribution in [0.15, 0.2) is 18.2 Å². The molecule has 1 aromatic carbocycles. The second-order valence-corrected chi connectivity index (χ2v) is 5.32. The Morgan fingerprint density at radius 2 is 1.89 bits per heavy atom. The van der Waals surface area contributed by atoms with Crippen LogP contribution in [0.25, 0.3) is 0 Å². The van der Waals surface area contributed by atoms with E-state index < -0.39 is 12.7 Å². The third kappa shape index (κ3) is 3.94. The normalized spacial score (nSPS) is 15.3. The zero-order valence-electron chi connectivity index (χ0n) is 11.2. The fraction of sp³-hybridized carbons (Fsp3) is 0.571. The Kier molecular flexibility index (Phi) is 4.16. The van der Waals surface area contributed by atoms with Gasteiger partial charge in [0, 0.05) is 25.7 Å². The number of halogens is 3. The van der Waals surface area contributed by atoms with Gasteiger partial charge in [-0.05, 0) is 30.5 Å². The molecule has 0 saturated heterocycles. The van der Waals surface area contributed by atoms with E-state index in [9.17, 15) is 13.2 Å². The predicted octanol–water partition coefficient (Wildman–Crippen LogP) is 3.06. The summed E-state index contributed by atoms with van der Waals surface area (Å²) in [6.07, 6.45) is -4.15. The smallest absolute Gasteiger partial charge is 0.309 e. The van der Waals surface area contributed by atoms with E-state index in [0.717, 1.165) is 18.7 Å². The summed E-state index contributed by atoms with van der Waals surface area (Å²) in [6.45, 7) is 4.72. The quantitative estimate of drug-likeness (QED) is 0.906. The molecule has 0 saturated carbocycles. The molecule has 106 valence electrons. The van der Waals surface area contributed by atoms with Crippen molar-refractivity contribution >= 4 is 0 Å². The van der Waals surface area contributed by atoms with Crippen molar-refractivity contribution in [2.45, 2.75) is 45.7 Å². The van der Waals surface area contributed by atoms with E-state index in [2.05, 4.69) is 5.32 Å². The van der Waals surface area contributed by atoms with Crippen molar-refractivity contribution in [3.63, 3.8) is 0 Å². The van der Waals surface area contributed by atoms with Crippen LogP contribution in [0, 0.1) is 0 Å². The van der Waals surface area contributed by atoms with Gasteiger partial charge in [0.25, 0.3) is 0 Å². The molecule has 0 aliphatic carbocycles. The third-order valence-electron chi connectivity index (χ3n) is 3.40. The van der Waals surface area contributed by atoms with E-state index in [0.29, 0.717) is 6.54 Å². The average molecular weight is 272 g/mol. The van der Waals surface area contributed by atoms with E-state index in [1.807, 2.05) is 18.2 Å². The van der Waals surface area contributed by atoms with Crippen LogP contribution in [0.3, 0.4) is 0 Å². The molecule has 0 spiro atoms. The summed E-state index contributed by atoms with van der Waals surface area (Å²) in [7, 11) is 0. The Labute approximate surface area is 111 Å². The lowest BCUT2D eigenvalue weighted by atomic mass is 10.1. The second kappa shape index (κ2) is 5.51. The molecule has 2 nitrogen and oxygen atoms in total. The Hall–Kier alpha value is -1.07. The summed E-state index contributed by atoms with van der Waals surface area (Å²) in [4.78, 5) is 1.45. The van der Waals surface area contributed by atoms with Crippen LogP contribution < -0.4 is 5.32 Å². The molecule has 1 aliphatic heterocycles. The molecule has 0 aromatic heterocycles. The maximum atomic E-state index is 12.5. The van der Waals surface area contributed by atoms with Crippen LogP contribution in [0.1, 0.15) is 30.5 Å². The molecule has 1 aromatic rings. The standard InChI is InChI=1S/C14H19F3N2/c1-10(2)19(9-14(15,16)17)8-11-3-4-12-6-18-7-13(12)5-11/h3-5,10,18H,6-9H2,1-2H3. The minimum absolute atomic E-state index is 0.131. The molecule has 0 bridgehead atoms. The Balaban J connectivity index is 2.09. The first-order chi connectivity index (χ1) is 8.85. The van der Waals surface area contributed by atoms with Gasteiger partial charge in [-0.15, -0.1) is 0 Å². The van der Waals surface area contributed by atoms with E-state index in [1.54, 1.807) is 13.8 Å². The molecular formula is C14H19F3N2. The van der Waals surface area contributed by atoms with Gasteiger partial charge in [0.15, 0.2) is 0 Å². The van der Waals surface area contributed by atoms with Crippen molar-refractivity contribution in [2.75, 3.05) is 6.54 Å². The molecule has 1 heterocycles. The minimum atomic E-state index is -4.15. The van der Waals surface area contributed by atoms with Crippen molar-refractivity contribution in [1.29, 1.82) is 0 Å². The molecule has 0 amide bonds. The first kappa shape index (κ1) is 14.3. The monoisotopic (exact) mass is 272 g/mol. The average Bonchev–Trinajstić information content (AvgIpc) is 2.73. The minimum Gasteiger partial charge on any atom is -0.309 e. The van der Waals surface area contributed by atoms with Gasteiger partial charge in [0.05, 0.1) is 6.54 Å². The van der Waals surface area contributed by atoms with Crippen molar-refractivity contribution in [3.8, 4) is 0 Å². The zero-order chi connectivity index (χ0) is 14.0. The van der Waals surface area contributed by atoms with Crippen LogP contribution in [-0.4, -0.2) is 23.7 Å². The van der Waals surface area contributed by atoms with Crippen molar-refractivity contribution in [1.82, 2.24) is 10.2 Å². The maximum Gasteiger partial charge on any atom is 0.401 e. The first-order valence-electron chi connectivity index (χ1n) is 6.47. The Bertz CT molecular complexity index is 441. The molecule has 0 unspecified atom stereocenters. The number of alkyl halides is 3. The largest absolute Gasteiger partial charge is 0.401 e. The van der Waals surface area contributed by atoms with E-state index >= 15 is 0 Å². The summed E-state index contributed by atoms with van der Waals surface area (Å²) in [5.41, 5.74) is 3.39. The van der Waals surface area contributed by atoms with Crippen molar-refractivity contribution < 1.29 is 13.2 Å². The highest BCUT2D eigenvalue weighted by atomic mass is 19.4. The fourth-order valence-electron chi connectivity index (χ4n) is 2.33. The van der Waals surface area contributed by atoms with Gasteiger partial charge in [0.2, 0.25) is 0 Å². The number of hydrogen-bond acceptors (Lipinski definition) is 2. The maximum absolute atomic E-state index is 12.5. The molecule has 0 fully saturated rings. The van der Waals surface area contributed by atoms with Crippen LogP contribution in [0.2, 0.25) is 0 Å². The molecule has 0 radical (unpaired) electrons. The summed E-state index contributed by atoms with van der Waals surface area (Å²) < 4.78 is 37.6. The zero-order valence-corrected chi connectivity index (χ0v) is 11.2. The molecule has 2 rings (SSSR count). The van der Waals surface area contributed by atoms with Crippen molar-refractivity contribution in [3.05, 3.63) is 34.9 Å². The highest BCUT2D eigenvalue weighted by Gasteiger charge is 2.31. The number of hydrogen-bond donors (Lipinski definition) is 1. The van der Waals surface area contributed by atoms with E-state index in [4.69, 9.17) is 0 Å². The van der Waals surface area contributed by atoms with Crippen LogP contribution in [0.5, 0.6) is 0 Å². The van der Waals surface area contributed by atoms with Gasteiger partial charge >= 0.3 is 6.18 Å². The number of nitrogens with one attached hydrogen (secondary N) is 1. The third-order valence-corrected chi connectivity index (χ3v) is 3.40. The lowest BCUT2D eigenvalue weighted by molar-refractivity contribution is -0.150. The highest BCUT2D eigenvalue weighted by molar-refractivity contribution is 5.34. The van der Waals surface area contributed by atoms with Gasteiger partial charge < -0.3 is 5.32 Å². The van der Waals surface area contributed by atoms with Gasteiger partial charge in [-0.1, -0.05) is 18.2 Å². The molecule has 1 N–H and O–H groups in total. The van der Waals surface area contributed by atoms with Gasteiger partial charge in [0.1, 0.15) is 0 Å². The van der Waals surface area contributed by atoms with Crippen molar-refractivity contribution in [2.24, 2.45) is 0 Å². The summed E-state index contributed by atoms with van der Waals surface area (Å²) >= 11 is 0. The SMILES string of the molecule is CC(C)N(Cc1ccc2c(c1)CNC2)CC(F)(F)F. The second-order valence-electron chi connectivity index (χ2n) is 5.32. The molecule has 5 heteroatoms. The topological polar surface area (TPSA) is 15.3 Å². The van der Waals surface area contributed by atoms with Gasteiger partial charge in [-0.25, -0.2) is 0 Å². The van der Waals surface area contributed by atoms with Crippen LogP contribution in [-0.2, 0) is 19.6 Å². The summed E-state index contributed by atoms with van der Waals surface area (Å²) in [5, 5.41) is 3.24. The van der Waals surface area contributed by atoms with Gasteiger partial charge in [-0.3, -0.25) is 4.90 Å². The summed E-state index contributed by atoms with van der Waals surface area (Å²) in [5.74, 6) is 0. The van der Waals surface area contributed by atoms with Gasteiger partial charge in [-0.2, -0.15) is 13.2 Å². The molecular weight excluding hydrogens is 253 g/mol. The first-order valence-corrected chi connectivity index (χ1v) is 6.47. The molecule has 19 heavy (non-hydrogen) atoms. The molecule has 0 atom stereocenters. The highest BCUT2D eigenvalue weighted by Crippen LogP contribution is 2.22. The number of fused-ring (bicyclic) bond motifs is 1. The Morgan fingerprint density at radius 3 is 2.53 bits per heavy atom. The lowest BCUT2D eigenvalue weighted by Gasteiger charge is -2.27. The number of nitrogens with zero attached hydrogens (tertiary/aromatic N) is 1. The fourth-order valence-corrected chi connectivity index (χ4v) is 2.33.